The van der Waals surface area contributed by atoms with Crippen molar-refractivity contribution >= 4 is 24.6 Å². The molecule has 0 heterocycles. The van der Waals surface area contributed by atoms with Crippen LogP contribution in [0.4, 0.5) is 13.2 Å². The minimum absolute atomic E-state index is 0.112. The van der Waals surface area contributed by atoms with Crippen molar-refractivity contribution in [2.75, 3.05) is 0 Å². The highest BCUT2D eigenvalue weighted by atomic mass is 32.2. The first kappa shape index (κ1) is 11.7. The van der Waals surface area contributed by atoms with E-state index in [9.17, 15) is 13.2 Å². The molecule has 0 saturated carbocycles. The van der Waals surface area contributed by atoms with Crippen molar-refractivity contribution < 1.29 is 13.2 Å². The zero-order valence-corrected chi connectivity index (χ0v) is 8.72. The molecule has 0 spiro atoms. The van der Waals surface area contributed by atoms with E-state index in [2.05, 4.69) is 17.5 Å². The fourth-order valence-electron chi connectivity index (χ4n) is 0.944. The Morgan fingerprint density at radius 3 is 2.64 bits per heavy atom. The molecule has 0 aliphatic heterocycles. The summed E-state index contributed by atoms with van der Waals surface area (Å²) in [6.45, 7) is 0.440. The zero-order chi connectivity index (χ0) is 10.6. The maximum Gasteiger partial charge on any atom is 0.446 e. The first-order valence-corrected chi connectivity index (χ1v) is 4.99. The summed E-state index contributed by atoms with van der Waals surface area (Å²) in [4.78, 5) is 0.193. The van der Waals surface area contributed by atoms with Gasteiger partial charge in [0.2, 0.25) is 0 Å². The lowest BCUT2D eigenvalue weighted by Gasteiger charge is -2.06. The molecule has 78 valence electrons. The molecule has 0 radical (unpaired) electrons. The lowest BCUT2D eigenvalue weighted by molar-refractivity contribution is -0.0328. The number of nitrogens with one attached hydrogen (secondary N) is 1. The van der Waals surface area contributed by atoms with Crippen LogP contribution in [0.15, 0.2) is 29.2 Å². The minimum Gasteiger partial charge on any atom is -0.262 e. The van der Waals surface area contributed by atoms with E-state index < -0.39 is 5.51 Å². The van der Waals surface area contributed by atoms with Gasteiger partial charge in [-0.2, -0.15) is 13.2 Å². The molecule has 0 bridgehead atoms. The third-order valence-corrected chi connectivity index (χ3v) is 2.29. The molecular weight excluding hydrogens is 231 g/mol. The largest absolute Gasteiger partial charge is 0.446 e. The number of benzene rings is 1. The summed E-state index contributed by atoms with van der Waals surface area (Å²) in [7, 11) is 0. The average Bonchev–Trinajstić information content (AvgIpc) is 2.02. The molecule has 0 fully saturated rings. The zero-order valence-electron chi connectivity index (χ0n) is 7.01. The van der Waals surface area contributed by atoms with E-state index >= 15 is 0 Å². The van der Waals surface area contributed by atoms with Crippen LogP contribution in [0.25, 0.3) is 0 Å². The van der Waals surface area contributed by atoms with Gasteiger partial charge in [0.05, 0.1) is 0 Å². The number of hydrogen-bond donors (Lipinski definition) is 2. The van der Waals surface area contributed by atoms with Crippen LogP contribution < -0.4 is 4.72 Å². The van der Waals surface area contributed by atoms with Crippen LogP contribution >= 0.6 is 24.6 Å². The van der Waals surface area contributed by atoms with E-state index in [1.54, 1.807) is 12.1 Å². The highest BCUT2D eigenvalue weighted by Gasteiger charge is 2.29. The summed E-state index contributed by atoms with van der Waals surface area (Å²) in [6.07, 6.45) is 0. The van der Waals surface area contributed by atoms with E-state index in [4.69, 9.17) is 0 Å². The predicted molar refractivity (Wildman–Crippen MR) is 54.2 cm³/mol. The van der Waals surface area contributed by atoms with Gasteiger partial charge < -0.3 is 0 Å². The molecule has 1 aromatic rings. The first-order valence-electron chi connectivity index (χ1n) is 3.73. The maximum atomic E-state index is 12.0. The summed E-state index contributed by atoms with van der Waals surface area (Å²) in [5, 5.41) is 0. The maximum absolute atomic E-state index is 12.0. The standard InChI is InChI=1S/C8H8F3NS2/c9-8(10,11)14-7-3-1-2-6(4-7)5-12-13/h1-4,12-13H,5H2. The molecule has 0 aliphatic rings. The molecular formula is C8H8F3NS2. The normalized spacial score (nSPS) is 11.7. The predicted octanol–water partition coefficient (Wildman–Crippen LogP) is 3.23. The molecule has 14 heavy (non-hydrogen) atoms. The second-order valence-corrected chi connectivity index (χ2v) is 3.98. The van der Waals surface area contributed by atoms with Gasteiger partial charge in [0, 0.05) is 11.4 Å². The van der Waals surface area contributed by atoms with Gasteiger partial charge in [0.25, 0.3) is 0 Å². The summed E-state index contributed by atoms with van der Waals surface area (Å²) in [5.41, 5.74) is -3.46. The number of alkyl halides is 3. The van der Waals surface area contributed by atoms with Gasteiger partial charge in [0.1, 0.15) is 0 Å². The van der Waals surface area contributed by atoms with E-state index in [-0.39, 0.29) is 16.7 Å². The molecule has 0 aromatic heterocycles. The Morgan fingerprint density at radius 2 is 2.07 bits per heavy atom. The minimum atomic E-state index is -4.23. The summed E-state index contributed by atoms with van der Waals surface area (Å²) < 4.78 is 38.6. The van der Waals surface area contributed by atoms with Crippen LogP contribution in [0, 0.1) is 0 Å². The van der Waals surface area contributed by atoms with E-state index in [1.807, 2.05) is 0 Å². The molecule has 1 N–H and O–H groups in total. The summed E-state index contributed by atoms with van der Waals surface area (Å²) >= 11 is 3.66. The molecule has 0 amide bonds. The van der Waals surface area contributed by atoms with Crippen molar-refractivity contribution in [3.63, 3.8) is 0 Å². The van der Waals surface area contributed by atoms with Gasteiger partial charge in [0.15, 0.2) is 0 Å². The van der Waals surface area contributed by atoms with Gasteiger partial charge in [-0.3, -0.25) is 4.72 Å². The van der Waals surface area contributed by atoms with E-state index in [0.717, 1.165) is 5.56 Å². The fourth-order valence-corrected chi connectivity index (χ4v) is 1.75. The van der Waals surface area contributed by atoms with E-state index in [1.165, 1.54) is 12.1 Å². The Labute approximate surface area is 89.6 Å². The molecule has 0 unspecified atom stereocenters. The number of thioether (sulfide) groups is 1. The fraction of sp³-hybridized carbons (Fsp3) is 0.250. The molecule has 0 atom stereocenters. The van der Waals surface area contributed by atoms with Gasteiger partial charge >= 0.3 is 5.51 Å². The Bertz CT molecular complexity index is 301. The topological polar surface area (TPSA) is 12.0 Å². The Kier molecular flexibility index (Phi) is 4.15. The highest BCUT2D eigenvalue weighted by molar-refractivity contribution is 8.00. The van der Waals surface area contributed by atoms with Crippen LogP contribution in [0.5, 0.6) is 0 Å². The van der Waals surface area contributed by atoms with Gasteiger partial charge in [-0.25, -0.2) is 0 Å². The van der Waals surface area contributed by atoms with Crippen LogP contribution in [0.3, 0.4) is 0 Å². The van der Waals surface area contributed by atoms with Crippen LogP contribution in [0.2, 0.25) is 0 Å². The second-order valence-electron chi connectivity index (χ2n) is 2.53. The van der Waals surface area contributed by atoms with Gasteiger partial charge in [-0.1, -0.05) is 24.9 Å². The second kappa shape index (κ2) is 4.95. The van der Waals surface area contributed by atoms with Crippen molar-refractivity contribution in [1.29, 1.82) is 0 Å². The molecule has 0 aliphatic carbocycles. The average molecular weight is 239 g/mol. The number of halogens is 3. The molecule has 1 aromatic carbocycles. The SMILES string of the molecule is FC(F)(F)Sc1cccc(CNS)c1. The monoisotopic (exact) mass is 239 g/mol. The lowest BCUT2D eigenvalue weighted by Crippen LogP contribution is -2.01. The third kappa shape index (κ3) is 4.26. The Morgan fingerprint density at radius 1 is 1.36 bits per heavy atom. The smallest absolute Gasteiger partial charge is 0.262 e. The van der Waals surface area contributed by atoms with Gasteiger partial charge in [-0.15, -0.1) is 0 Å². The number of thiol groups is 1. The van der Waals surface area contributed by atoms with Gasteiger partial charge in [-0.05, 0) is 29.5 Å². The van der Waals surface area contributed by atoms with E-state index in [0.29, 0.717) is 6.54 Å². The first-order chi connectivity index (χ1) is 6.51. The van der Waals surface area contributed by atoms with Crippen molar-refractivity contribution in [3.05, 3.63) is 29.8 Å². The van der Waals surface area contributed by atoms with Crippen LogP contribution in [-0.2, 0) is 6.54 Å². The Balaban J connectivity index is 2.73. The Hall–Kier alpha value is -0.330. The van der Waals surface area contributed by atoms with Crippen LogP contribution in [0.1, 0.15) is 5.56 Å². The van der Waals surface area contributed by atoms with Crippen LogP contribution in [-0.4, -0.2) is 5.51 Å². The van der Waals surface area contributed by atoms with Crippen molar-refractivity contribution in [2.45, 2.75) is 16.9 Å². The molecule has 1 nitrogen and oxygen atoms in total. The van der Waals surface area contributed by atoms with Crippen molar-refractivity contribution in [2.24, 2.45) is 0 Å². The molecule has 6 heteroatoms. The summed E-state index contributed by atoms with van der Waals surface area (Å²) in [6, 6.07) is 6.25. The quantitative estimate of drug-likeness (QED) is 0.620. The molecule has 1 rings (SSSR count). The highest BCUT2D eigenvalue weighted by Crippen LogP contribution is 2.36. The lowest BCUT2D eigenvalue weighted by atomic mass is 10.2. The number of hydrogen-bond acceptors (Lipinski definition) is 3. The number of rotatable bonds is 3. The van der Waals surface area contributed by atoms with Crippen molar-refractivity contribution in [3.8, 4) is 0 Å². The molecule has 0 saturated heterocycles. The third-order valence-electron chi connectivity index (χ3n) is 1.42. The summed E-state index contributed by atoms with van der Waals surface area (Å²) in [5.74, 6) is 0. The van der Waals surface area contributed by atoms with Crippen molar-refractivity contribution in [1.82, 2.24) is 4.72 Å².